The maximum absolute atomic E-state index is 10.9. The highest BCUT2D eigenvalue weighted by Crippen LogP contribution is 2.05. The maximum Gasteiger partial charge on any atom is 0.339 e. The first-order valence-corrected chi connectivity index (χ1v) is 5.38. The third-order valence-electron chi connectivity index (χ3n) is 2.44. The topological polar surface area (TPSA) is 75.1 Å². The monoisotopic (exact) mass is 233 g/mol. The minimum atomic E-state index is -1.02. The molecule has 2 N–H and O–H groups in total. The van der Waals surface area contributed by atoms with Gasteiger partial charge in [-0.25, -0.2) is 14.8 Å². The lowest BCUT2D eigenvalue weighted by Gasteiger charge is -2.14. The van der Waals surface area contributed by atoms with Crippen LogP contribution in [0.1, 0.15) is 35.8 Å². The quantitative estimate of drug-likeness (QED) is 0.719. The first-order valence-electron chi connectivity index (χ1n) is 5.38. The van der Waals surface area contributed by atoms with Crippen LogP contribution in [-0.4, -0.2) is 27.1 Å². The Morgan fingerprint density at radius 2 is 2.47 bits per heavy atom. The smallest absolute Gasteiger partial charge is 0.339 e. The van der Waals surface area contributed by atoms with Crippen LogP contribution in [0.5, 0.6) is 0 Å². The molecule has 1 rings (SSSR count). The molecule has 1 unspecified atom stereocenters. The molecule has 1 atom stereocenters. The Balaban J connectivity index is 2.69. The predicted octanol–water partition coefficient (Wildman–Crippen LogP) is 1.07. The van der Waals surface area contributed by atoms with Crippen molar-refractivity contribution < 1.29 is 9.90 Å². The first-order chi connectivity index (χ1) is 8.19. The molecule has 17 heavy (non-hydrogen) atoms. The lowest BCUT2D eigenvalue weighted by molar-refractivity contribution is 0.0694. The fourth-order valence-electron chi connectivity index (χ4n) is 1.42. The molecule has 5 heteroatoms. The van der Waals surface area contributed by atoms with Crippen LogP contribution in [0.4, 0.5) is 0 Å². The molecule has 0 radical (unpaired) electrons. The van der Waals surface area contributed by atoms with Crippen molar-refractivity contribution in [1.29, 1.82) is 0 Å². The molecule has 1 aromatic heterocycles. The summed E-state index contributed by atoms with van der Waals surface area (Å²) in [5, 5.41) is 12.1. The van der Waals surface area contributed by atoms with Crippen LogP contribution in [0, 0.1) is 12.3 Å². The average molecular weight is 233 g/mol. The van der Waals surface area contributed by atoms with E-state index >= 15 is 0 Å². The molecule has 0 aliphatic rings. The summed E-state index contributed by atoms with van der Waals surface area (Å²) in [4.78, 5) is 18.6. The van der Waals surface area contributed by atoms with Crippen molar-refractivity contribution in [1.82, 2.24) is 15.3 Å². The zero-order valence-electron chi connectivity index (χ0n) is 9.68. The van der Waals surface area contributed by atoms with Crippen molar-refractivity contribution in [2.75, 3.05) is 0 Å². The minimum absolute atomic E-state index is 0.121. The van der Waals surface area contributed by atoms with E-state index in [4.69, 9.17) is 11.5 Å². The lowest BCUT2D eigenvalue weighted by atomic mass is 10.1. The number of hydrogen-bond acceptors (Lipinski definition) is 4. The fraction of sp³-hybridized carbons (Fsp3) is 0.417. The molecule has 0 saturated carbocycles. The highest BCUT2D eigenvalue weighted by atomic mass is 16.4. The van der Waals surface area contributed by atoms with E-state index in [1.807, 2.05) is 6.92 Å². The average Bonchev–Trinajstić information content (AvgIpc) is 2.34. The van der Waals surface area contributed by atoms with Gasteiger partial charge in [0.2, 0.25) is 0 Å². The number of carbonyl (C=O) groups is 1. The molecular formula is C12H15N3O2. The minimum Gasteiger partial charge on any atom is -0.478 e. The second-order valence-corrected chi connectivity index (χ2v) is 3.58. The van der Waals surface area contributed by atoms with E-state index in [9.17, 15) is 4.79 Å². The van der Waals surface area contributed by atoms with Gasteiger partial charge in [0.05, 0.1) is 5.69 Å². The second-order valence-electron chi connectivity index (χ2n) is 3.58. The zero-order chi connectivity index (χ0) is 12.7. The number of rotatable bonds is 6. The third kappa shape index (κ3) is 3.85. The Labute approximate surface area is 100 Å². The van der Waals surface area contributed by atoms with E-state index in [0.717, 1.165) is 6.42 Å². The standard InChI is InChI=1S/C12H15N3O2/c1-3-5-9(4-2)14-7-11-10(12(16)17)6-13-8-15-11/h1,6,8-9,14H,4-5,7H2,2H3,(H,16,17). The Morgan fingerprint density at radius 3 is 3.06 bits per heavy atom. The highest BCUT2D eigenvalue weighted by molar-refractivity contribution is 5.88. The van der Waals surface area contributed by atoms with E-state index < -0.39 is 5.97 Å². The molecule has 0 aliphatic carbocycles. The van der Waals surface area contributed by atoms with Gasteiger partial charge in [0.15, 0.2) is 0 Å². The molecule has 0 bridgehead atoms. The van der Waals surface area contributed by atoms with Crippen molar-refractivity contribution in [3.8, 4) is 12.3 Å². The van der Waals surface area contributed by atoms with E-state index in [0.29, 0.717) is 18.7 Å². The van der Waals surface area contributed by atoms with Crippen molar-refractivity contribution in [3.63, 3.8) is 0 Å². The number of aromatic nitrogens is 2. The molecule has 90 valence electrons. The van der Waals surface area contributed by atoms with Gasteiger partial charge in [-0.2, -0.15) is 0 Å². The normalized spacial score (nSPS) is 11.8. The van der Waals surface area contributed by atoms with Gasteiger partial charge >= 0.3 is 5.97 Å². The second kappa shape index (κ2) is 6.61. The summed E-state index contributed by atoms with van der Waals surface area (Å²) in [6.45, 7) is 2.40. The Hall–Kier alpha value is -1.93. The number of nitrogens with one attached hydrogen (secondary N) is 1. The predicted molar refractivity (Wildman–Crippen MR) is 63.4 cm³/mol. The molecule has 0 aromatic carbocycles. The van der Waals surface area contributed by atoms with Gasteiger partial charge in [0, 0.05) is 25.2 Å². The van der Waals surface area contributed by atoms with Gasteiger partial charge in [-0.15, -0.1) is 12.3 Å². The SMILES string of the molecule is C#CCC(CC)NCc1ncncc1C(=O)O. The van der Waals surface area contributed by atoms with Crippen molar-refractivity contribution >= 4 is 5.97 Å². The summed E-state index contributed by atoms with van der Waals surface area (Å²) in [5.41, 5.74) is 0.596. The van der Waals surface area contributed by atoms with Crippen LogP contribution in [0.25, 0.3) is 0 Å². The summed E-state index contributed by atoms with van der Waals surface area (Å²) in [5.74, 6) is 1.56. The highest BCUT2D eigenvalue weighted by Gasteiger charge is 2.12. The summed E-state index contributed by atoms with van der Waals surface area (Å²) < 4.78 is 0. The number of terminal acetylenes is 1. The van der Waals surface area contributed by atoms with Crippen LogP contribution in [-0.2, 0) is 6.54 Å². The number of aromatic carboxylic acids is 1. The molecule has 0 spiro atoms. The largest absolute Gasteiger partial charge is 0.478 e. The van der Waals surface area contributed by atoms with Gasteiger partial charge in [0.25, 0.3) is 0 Å². The summed E-state index contributed by atoms with van der Waals surface area (Å²) in [7, 11) is 0. The van der Waals surface area contributed by atoms with Gasteiger partial charge < -0.3 is 10.4 Å². The van der Waals surface area contributed by atoms with Crippen molar-refractivity contribution in [2.45, 2.75) is 32.4 Å². The summed E-state index contributed by atoms with van der Waals surface area (Å²) in [6.07, 6.45) is 9.38. The van der Waals surface area contributed by atoms with E-state index in [1.54, 1.807) is 0 Å². The molecule has 5 nitrogen and oxygen atoms in total. The van der Waals surface area contributed by atoms with E-state index in [-0.39, 0.29) is 11.6 Å². The molecule has 0 saturated heterocycles. The summed E-state index contributed by atoms with van der Waals surface area (Å²) in [6, 6.07) is 0.177. The molecule has 0 aliphatic heterocycles. The molecule has 0 fully saturated rings. The molecular weight excluding hydrogens is 218 g/mol. The zero-order valence-corrected chi connectivity index (χ0v) is 9.68. The molecule has 0 amide bonds. The third-order valence-corrected chi connectivity index (χ3v) is 2.44. The maximum atomic E-state index is 10.9. The van der Waals surface area contributed by atoms with Crippen LogP contribution >= 0.6 is 0 Å². The number of hydrogen-bond donors (Lipinski definition) is 2. The Morgan fingerprint density at radius 1 is 1.71 bits per heavy atom. The fourth-order valence-corrected chi connectivity index (χ4v) is 1.42. The number of carboxylic acid groups (broad SMARTS) is 1. The van der Waals surface area contributed by atoms with Crippen LogP contribution in [0.3, 0.4) is 0 Å². The van der Waals surface area contributed by atoms with Gasteiger partial charge in [-0.05, 0) is 6.42 Å². The number of carboxylic acids is 1. The molecule has 1 heterocycles. The Bertz CT molecular complexity index is 426. The summed E-state index contributed by atoms with van der Waals surface area (Å²) >= 11 is 0. The van der Waals surface area contributed by atoms with Gasteiger partial charge in [-0.3, -0.25) is 0 Å². The van der Waals surface area contributed by atoms with Gasteiger partial charge in [-0.1, -0.05) is 6.92 Å². The van der Waals surface area contributed by atoms with Gasteiger partial charge in [0.1, 0.15) is 11.9 Å². The number of nitrogens with zero attached hydrogens (tertiary/aromatic N) is 2. The first kappa shape index (κ1) is 13.1. The Kier molecular flexibility index (Phi) is 5.11. The van der Waals surface area contributed by atoms with E-state index in [2.05, 4.69) is 21.2 Å². The molecule has 1 aromatic rings. The van der Waals surface area contributed by atoms with Crippen LogP contribution in [0.15, 0.2) is 12.5 Å². The van der Waals surface area contributed by atoms with E-state index in [1.165, 1.54) is 12.5 Å². The van der Waals surface area contributed by atoms with Crippen LogP contribution < -0.4 is 5.32 Å². The van der Waals surface area contributed by atoms with Crippen LogP contribution in [0.2, 0.25) is 0 Å². The van der Waals surface area contributed by atoms with Crippen molar-refractivity contribution in [2.24, 2.45) is 0 Å². The van der Waals surface area contributed by atoms with Crippen molar-refractivity contribution in [3.05, 3.63) is 23.8 Å². The lowest BCUT2D eigenvalue weighted by Crippen LogP contribution is -2.28.